The molecule has 6 nitrogen and oxygen atoms in total. The quantitative estimate of drug-likeness (QED) is 0.633. The molecule has 0 aliphatic rings. The number of H-pyrrole nitrogens is 1. The highest BCUT2D eigenvalue weighted by Gasteiger charge is 2.33. The number of ether oxygens (including phenoxy) is 1. The van der Waals surface area contributed by atoms with Gasteiger partial charge in [-0.2, -0.15) is 13.2 Å². The van der Waals surface area contributed by atoms with Crippen LogP contribution >= 0.6 is 11.8 Å². The molecule has 0 radical (unpaired) electrons. The zero-order valence-electron chi connectivity index (χ0n) is 12.3. The lowest BCUT2D eigenvalue weighted by Crippen LogP contribution is -2.18. The van der Waals surface area contributed by atoms with Gasteiger partial charge in [-0.3, -0.25) is 9.59 Å². The number of aromatic nitrogens is 2. The van der Waals surface area contributed by atoms with Crippen molar-refractivity contribution in [3.8, 4) is 5.75 Å². The third-order valence-electron chi connectivity index (χ3n) is 2.73. The molecule has 0 unspecified atom stereocenters. The number of nitrogens with one attached hydrogen (secondary N) is 2. The van der Waals surface area contributed by atoms with E-state index in [4.69, 9.17) is 4.74 Å². The van der Waals surface area contributed by atoms with Crippen molar-refractivity contribution in [2.24, 2.45) is 0 Å². The van der Waals surface area contributed by atoms with Gasteiger partial charge >= 0.3 is 6.18 Å². The van der Waals surface area contributed by atoms with Crippen LogP contribution in [-0.4, -0.2) is 28.7 Å². The van der Waals surface area contributed by atoms with Crippen molar-refractivity contribution in [2.45, 2.75) is 11.3 Å². The number of thioether (sulfide) groups is 1. The van der Waals surface area contributed by atoms with Crippen LogP contribution in [0.4, 0.5) is 18.9 Å². The minimum atomic E-state index is -4.73. The number of methoxy groups -OCH3 is 1. The average molecular weight is 359 g/mol. The van der Waals surface area contributed by atoms with Gasteiger partial charge in [-0.15, -0.1) is 0 Å². The molecule has 1 aromatic heterocycles. The molecule has 2 rings (SSSR count). The Kier molecular flexibility index (Phi) is 5.50. The molecule has 0 fully saturated rings. The maximum atomic E-state index is 12.6. The number of halogens is 3. The molecule has 24 heavy (non-hydrogen) atoms. The van der Waals surface area contributed by atoms with Crippen LogP contribution in [0.3, 0.4) is 0 Å². The first-order valence-corrected chi connectivity index (χ1v) is 7.52. The topological polar surface area (TPSA) is 84.1 Å². The van der Waals surface area contributed by atoms with E-state index in [0.29, 0.717) is 29.3 Å². The second kappa shape index (κ2) is 7.39. The Balaban J connectivity index is 2.04. The van der Waals surface area contributed by atoms with E-state index in [1.807, 2.05) is 0 Å². The highest BCUT2D eigenvalue weighted by molar-refractivity contribution is 7.99. The van der Waals surface area contributed by atoms with E-state index in [2.05, 4.69) is 15.3 Å². The maximum Gasteiger partial charge on any atom is 0.433 e. The summed E-state index contributed by atoms with van der Waals surface area (Å²) in [6, 6.07) is 7.04. The smallest absolute Gasteiger partial charge is 0.433 e. The van der Waals surface area contributed by atoms with Gasteiger partial charge in [0.2, 0.25) is 5.91 Å². The SMILES string of the molecule is COc1ccccc1NC(=O)CSc1nc(C(F)(F)F)cc(=O)[nH]1. The largest absolute Gasteiger partial charge is 0.495 e. The van der Waals surface area contributed by atoms with Gasteiger partial charge in [0, 0.05) is 6.07 Å². The fourth-order valence-electron chi connectivity index (χ4n) is 1.72. The number of rotatable bonds is 5. The van der Waals surface area contributed by atoms with Crippen LogP contribution in [0.25, 0.3) is 0 Å². The van der Waals surface area contributed by atoms with E-state index in [1.54, 1.807) is 24.3 Å². The minimum Gasteiger partial charge on any atom is -0.495 e. The number of amides is 1. The number of hydrogen-bond donors (Lipinski definition) is 2. The molecule has 0 saturated heterocycles. The first-order chi connectivity index (χ1) is 11.3. The van der Waals surface area contributed by atoms with Crippen LogP contribution in [0.5, 0.6) is 5.75 Å². The fraction of sp³-hybridized carbons (Fsp3) is 0.214. The standard InChI is InChI=1S/C14H12F3N3O3S/c1-23-9-5-3-2-4-8(9)18-12(22)7-24-13-19-10(14(15,16)17)6-11(21)20-13/h2-6H,7H2,1H3,(H,18,22)(H,19,20,21). The first kappa shape index (κ1) is 17.9. The molecule has 1 heterocycles. The number of aromatic amines is 1. The fourth-order valence-corrected chi connectivity index (χ4v) is 2.39. The van der Waals surface area contributed by atoms with Crippen LogP contribution < -0.4 is 15.6 Å². The summed E-state index contributed by atoms with van der Waals surface area (Å²) < 4.78 is 42.9. The Hall–Kier alpha value is -2.49. The van der Waals surface area contributed by atoms with Crippen LogP contribution in [0.15, 0.2) is 40.3 Å². The monoisotopic (exact) mass is 359 g/mol. The Morgan fingerprint density at radius 1 is 1.38 bits per heavy atom. The first-order valence-electron chi connectivity index (χ1n) is 6.54. The van der Waals surface area contributed by atoms with Gasteiger partial charge in [0.25, 0.3) is 5.56 Å². The predicted molar refractivity (Wildman–Crippen MR) is 82.2 cm³/mol. The highest BCUT2D eigenvalue weighted by Crippen LogP contribution is 2.28. The average Bonchev–Trinajstić information content (AvgIpc) is 2.52. The van der Waals surface area contributed by atoms with Gasteiger partial charge in [-0.1, -0.05) is 23.9 Å². The van der Waals surface area contributed by atoms with Crippen LogP contribution in [-0.2, 0) is 11.0 Å². The highest BCUT2D eigenvalue weighted by atomic mass is 32.2. The molecule has 1 amide bonds. The third kappa shape index (κ3) is 4.75. The molecule has 2 aromatic rings. The van der Waals surface area contributed by atoms with Crippen LogP contribution in [0.1, 0.15) is 5.69 Å². The molecule has 0 saturated carbocycles. The van der Waals surface area contributed by atoms with Gasteiger partial charge in [0.15, 0.2) is 10.9 Å². The maximum absolute atomic E-state index is 12.6. The molecule has 0 aliphatic heterocycles. The molecule has 0 bridgehead atoms. The second-order valence-electron chi connectivity index (χ2n) is 4.47. The number of benzene rings is 1. The lowest BCUT2D eigenvalue weighted by molar-refractivity contribution is -0.141. The summed E-state index contributed by atoms with van der Waals surface area (Å²) in [5.74, 6) is -0.270. The molecule has 128 valence electrons. The van der Waals surface area contributed by atoms with Crippen LogP contribution in [0, 0.1) is 0 Å². The van der Waals surface area contributed by atoms with Gasteiger partial charge in [0.05, 0.1) is 18.6 Å². The predicted octanol–water partition coefficient (Wildman–Crippen LogP) is 2.53. The Labute approximate surface area is 138 Å². The van der Waals surface area contributed by atoms with Crippen molar-refractivity contribution in [3.63, 3.8) is 0 Å². The third-order valence-corrected chi connectivity index (χ3v) is 3.60. The van der Waals surface area contributed by atoms with E-state index >= 15 is 0 Å². The molecular weight excluding hydrogens is 347 g/mol. The summed E-state index contributed by atoms with van der Waals surface area (Å²) in [6.07, 6.45) is -4.73. The van der Waals surface area contributed by atoms with E-state index < -0.39 is 23.3 Å². The number of anilines is 1. The summed E-state index contributed by atoms with van der Waals surface area (Å²) in [5, 5.41) is 2.28. The van der Waals surface area contributed by atoms with Crippen LogP contribution in [0.2, 0.25) is 0 Å². The van der Waals surface area contributed by atoms with Gasteiger partial charge in [-0.25, -0.2) is 4.98 Å². The summed E-state index contributed by atoms with van der Waals surface area (Å²) in [6.45, 7) is 0. The normalized spacial score (nSPS) is 11.2. The van der Waals surface area contributed by atoms with Crippen molar-refractivity contribution in [2.75, 3.05) is 18.2 Å². The van der Waals surface area contributed by atoms with Gasteiger partial charge < -0.3 is 15.0 Å². The molecule has 10 heteroatoms. The lowest BCUT2D eigenvalue weighted by Gasteiger charge is -2.10. The van der Waals surface area contributed by atoms with E-state index in [1.165, 1.54) is 7.11 Å². The number of carbonyl (C=O) groups is 1. The number of alkyl halides is 3. The van der Waals surface area contributed by atoms with E-state index in [-0.39, 0.29) is 10.9 Å². The molecular formula is C14H12F3N3O3S. The summed E-state index contributed by atoms with van der Waals surface area (Å²) in [4.78, 5) is 28.6. The number of carbonyl (C=O) groups excluding carboxylic acids is 1. The number of hydrogen-bond acceptors (Lipinski definition) is 5. The Morgan fingerprint density at radius 2 is 2.08 bits per heavy atom. The number of nitrogens with zero attached hydrogens (tertiary/aromatic N) is 1. The van der Waals surface area contributed by atoms with Crippen molar-refractivity contribution < 1.29 is 22.7 Å². The summed E-state index contributed by atoms with van der Waals surface area (Å²) in [7, 11) is 1.44. The minimum absolute atomic E-state index is 0.234. The lowest BCUT2D eigenvalue weighted by atomic mass is 10.3. The van der Waals surface area contributed by atoms with Crippen molar-refractivity contribution in [1.82, 2.24) is 9.97 Å². The van der Waals surface area contributed by atoms with Crippen molar-refractivity contribution in [3.05, 3.63) is 46.4 Å². The Bertz CT molecular complexity index is 793. The summed E-state index contributed by atoms with van der Waals surface area (Å²) in [5.41, 5.74) is -1.82. The zero-order chi connectivity index (χ0) is 17.7. The molecule has 0 aliphatic carbocycles. The molecule has 2 N–H and O–H groups in total. The van der Waals surface area contributed by atoms with E-state index in [0.717, 1.165) is 0 Å². The van der Waals surface area contributed by atoms with E-state index in [9.17, 15) is 22.8 Å². The molecule has 0 spiro atoms. The second-order valence-corrected chi connectivity index (χ2v) is 5.43. The van der Waals surface area contributed by atoms with Gasteiger partial charge in [-0.05, 0) is 12.1 Å². The Morgan fingerprint density at radius 3 is 2.75 bits per heavy atom. The van der Waals surface area contributed by atoms with Crippen molar-refractivity contribution >= 4 is 23.4 Å². The van der Waals surface area contributed by atoms with Crippen molar-refractivity contribution in [1.29, 1.82) is 0 Å². The number of para-hydroxylation sites is 2. The molecule has 0 atom stereocenters. The molecule has 1 aromatic carbocycles. The zero-order valence-corrected chi connectivity index (χ0v) is 13.1. The van der Waals surface area contributed by atoms with Gasteiger partial charge in [0.1, 0.15) is 5.75 Å². The summed E-state index contributed by atoms with van der Waals surface area (Å²) >= 11 is 0.686.